The molecule has 1 aromatic heterocycles. The van der Waals surface area contributed by atoms with Crippen molar-refractivity contribution in [3.05, 3.63) is 66.0 Å². The Morgan fingerprint density at radius 3 is 2.57 bits per heavy atom. The van der Waals surface area contributed by atoms with Gasteiger partial charge in [-0.25, -0.2) is 9.37 Å². The lowest BCUT2D eigenvalue weighted by Gasteiger charge is -2.30. The first-order chi connectivity index (χ1) is 13.7. The van der Waals surface area contributed by atoms with Crippen LogP contribution in [-0.2, 0) is 9.53 Å². The number of H-pyrrole nitrogens is 1. The Morgan fingerprint density at radius 2 is 1.82 bits per heavy atom. The third-order valence-electron chi connectivity index (χ3n) is 4.47. The van der Waals surface area contributed by atoms with E-state index in [0.717, 1.165) is 5.56 Å². The van der Waals surface area contributed by atoms with Crippen LogP contribution in [0.4, 0.5) is 4.39 Å². The van der Waals surface area contributed by atoms with Crippen molar-refractivity contribution in [2.45, 2.75) is 10.4 Å². The lowest BCUT2D eigenvalue weighted by Crippen LogP contribution is -2.42. The summed E-state index contributed by atoms with van der Waals surface area (Å²) in [6, 6.07) is 15.9. The van der Waals surface area contributed by atoms with Gasteiger partial charge in [0.25, 0.3) is 0 Å². The maximum Gasteiger partial charge on any atom is 0.240 e. The molecule has 4 rings (SSSR count). The predicted octanol–water partition coefficient (Wildman–Crippen LogP) is 3.30. The van der Waals surface area contributed by atoms with Gasteiger partial charge in [-0.2, -0.15) is 0 Å². The Kier molecular flexibility index (Phi) is 5.68. The van der Waals surface area contributed by atoms with Crippen molar-refractivity contribution >= 4 is 17.7 Å². The molecule has 144 valence electrons. The van der Waals surface area contributed by atoms with E-state index in [1.54, 1.807) is 23.1 Å². The summed E-state index contributed by atoms with van der Waals surface area (Å²) < 4.78 is 19.4. The highest BCUT2D eigenvalue weighted by molar-refractivity contribution is 8.00. The van der Waals surface area contributed by atoms with Crippen LogP contribution < -0.4 is 0 Å². The van der Waals surface area contributed by atoms with Crippen LogP contribution in [0.15, 0.2) is 59.8 Å². The van der Waals surface area contributed by atoms with E-state index in [9.17, 15) is 9.18 Å². The van der Waals surface area contributed by atoms with Crippen molar-refractivity contribution in [1.29, 1.82) is 0 Å². The lowest BCUT2D eigenvalue weighted by molar-refractivity contribution is -0.134. The first-order valence-corrected chi connectivity index (χ1v) is 9.86. The van der Waals surface area contributed by atoms with Crippen molar-refractivity contribution in [2.75, 3.05) is 26.3 Å². The molecule has 1 saturated heterocycles. The number of carbonyl (C=O) groups is 1. The smallest absolute Gasteiger partial charge is 0.240 e. The quantitative estimate of drug-likeness (QED) is 0.668. The Bertz CT molecular complexity index is 944. The predicted molar refractivity (Wildman–Crippen MR) is 104 cm³/mol. The normalized spacial score (nSPS) is 15.4. The van der Waals surface area contributed by atoms with Crippen LogP contribution in [0.5, 0.6) is 0 Å². The number of benzene rings is 2. The van der Waals surface area contributed by atoms with E-state index in [0.29, 0.717) is 42.8 Å². The van der Waals surface area contributed by atoms with Gasteiger partial charge in [0.1, 0.15) is 11.1 Å². The summed E-state index contributed by atoms with van der Waals surface area (Å²) in [7, 11) is 0. The number of nitrogens with zero attached hydrogens (tertiary/aromatic N) is 3. The fraction of sp³-hybridized carbons (Fsp3) is 0.250. The van der Waals surface area contributed by atoms with E-state index in [1.807, 2.05) is 30.3 Å². The van der Waals surface area contributed by atoms with Gasteiger partial charge >= 0.3 is 0 Å². The molecule has 1 amide bonds. The third-order valence-corrected chi connectivity index (χ3v) is 5.57. The fourth-order valence-electron chi connectivity index (χ4n) is 3.02. The van der Waals surface area contributed by atoms with Gasteiger partial charge < -0.3 is 9.64 Å². The van der Waals surface area contributed by atoms with Gasteiger partial charge in [-0.3, -0.25) is 9.89 Å². The van der Waals surface area contributed by atoms with Crippen molar-refractivity contribution in [2.24, 2.45) is 0 Å². The molecule has 2 heterocycles. The Labute approximate surface area is 166 Å². The number of aromatic nitrogens is 3. The first-order valence-electron chi connectivity index (χ1n) is 8.98. The van der Waals surface area contributed by atoms with Crippen LogP contribution in [0.2, 0.25) is 0 Å². The van der Waals surface area contributed by atoms with Crippen LogP contribution in [0, 0.1) is 5.82 Å². The van der Waals surface area contributed by atoms with Gasteiger partial charge in [0.05, 0.1) is 18.8 Å². The van der Waals surface area contributed by atoms with E-state index in [4.69, 9.17) is 4.74 Å². The average molecular weight is 398 g/mol. The van der Waals surface area contributed by atoms with E-state index >= 15 is 0 Å². The summed E-state index contributed by atoms with van der Waals surface area (Å²) in [5.74, 6) is -0.0397. The molecule has 3 aromatic rings. The number of halogens is 1. The van der Waals surface area contributed by atoms with E-state index in [2.05, 4.69) is 15.2 Å². The van der Waals surface area contributed by atoms with Crippen molar-refractivity contribution in [3.8, 4) is 11.4 Å². The van der Waals surface area contributed by atoms with Crippen LogP contribution in [-0.4, -0.2) is 52.3 Å². The molecule has 6 nitrogen and oxygen atoms in total. The lowest BCUT2D eigenvalue weighted by atomic mass is 10.1. The molecule has 0 unspecified atom stereocenters. The first kappa shape index (κ1) is 18.6. The highest BCUT2D eigenvalue weighted by atomic mass is 32.2. The average Bonchev–Trinajstić information content (AvgIpc) is 3.21. The SMILES string of the molecule is O=C([C@@H](Sc1n[nH]c(-c2ccccc2F)n1)c1ccccc1)N1CCOCC1. The minimum Gasteiger partial charge on any atom is -0.378 e. The standard InChI is InChI=1S/C20H19FN4O2S/c21-16-9-5-4-8-15(16)18-22-20(24-23-18)28-17(14-6-2-1-3-7-14)19(26)25-10-12-27-13-11-25/h1-9,17H,10-13H2,(H,22,23,24)/t17-/m0/s1. The number of hydrogen-bond donors (Lipinski definition) is 1. The van der Waals surface area contributed by atoms with Crippen molar-refractivity contribution in [3.63, 3.8) is 0 Å². The molecular weight excluding hydrogens is 379 g/mol. The third kappa shape index (κ3) is 4.07. The maximum atomic E-state index is 14.0. The number of thioether (sulfide) groups is 1. The van der Waals surface area contributed by atoms with Crippen molar-refractivity contribution in [1.82, 2.24) is 20.1 Å². The molecule has 1 aliphatic heterocycles. The summed E-state index contributed by atoms with van der Waals surface area (Å²) in [6.07, 6.45) is 0. The topological polar surface area (TPSA) is 71.1 Å². The molecule has 0 aliphatic carbocycles. The number of nitrogens with one attached hydrogen (secondary N) is 1. The maximum absolute atomic E-state index is 14.0. The molecule has 0 spiro atoms. The zero-order valence-corrected chi connectivity index (χ0v) is 15.9. The summed E-state index contributed by atoms with van der Waals surface area (Å²) in [6.45, 7) is 2.21. The second-order valence-corrected chi connectivity index (χ2v) is 7.36. The summed E-state index contributed by atoms with van der Waals surface area (Å²) in [4.78, 5) is 19.4. The molecule has 2 aromatic carbocycles. The van der Waals surface area contributed by atoms with Gasteiger partial charge in [0.2, 0.25) is 11.1 Å². The van der Waals surface area contributed by atoms with Crippen LogP contribution in [0.25, 0.3) is 11.4 Å². The zero-order chi connectivity index (χ0) is 19.3. The minimum atomic E-state index is -0.483. The molecule has 1 fully saturated rings. The molecule has 28 heavy (non-hydrogen) atoms. The molecule has 0 radical (unpaired) electrons. The number of amides is 1. The van der Waals surface area contributed by atoms with E-state index < -0.39 is 5.25 Å². The monoisotopic (exact) mass is 398 g/mol. The molecule has 1 atom stereocenters. The van der Waals surface area contributed by atoms with Gasteiger partial charge in [-0.15, -0.1) is 5.10 Å². The number of carbonyl (C=O) groups excluding carboxylic acids is 1. The largest absolute Gasteiger partial charge is 0.378 e. The number of rotatable bonds is 5. The number of aromatic amines is 1. The molecule has 8 heteroatoms. The molecule has 1 N–H and O–H groups in total. The second kappa shape index (κ2) is 8.53. The molecular formula is C20H19FN4O2S. The van der Waals surface area contributed by atoms with Gasteiger partial charge in [0.15, 0.2) is 5.82 Å². The van der Waals surface area contributed by atoms with Gasteiger partial charge in [-0.05, 0) is 17.7 Å². The summed E-state index contributed by atoms with van der Waals surface area (Å²) in [5, 5.41) is 6.88. The molecule has 0 saturated carbocycles. The minimum absolute atomic E-state index is 0.00302. The highest BCUT2D eigenvalue weighted by Crippen LogP contribution is 2.36. The highest BCUT2D eigenvalue weighted by Gasteiger charge is 2.29. The van der Waals surface area contributed by atoms with Crippen molar-refractivity contribution < 1.29 is 13.9 Å². The van der Waals surface area contributed by atoms with Gasteiger partial charge in [-0.1, -0.05) is 54.2 Å². The number of morpholine rings is 1. The summed E-state index contributed by atoms with van der Waals surface area (Å²) >= 11 is 1.26. The Morgan fingerprint density at radius 1 is 1.11 bits per heavy atom. The Hall–Kier alpha value is -2.71. The number of ether oxygens (including phenoxy) is 1. The van der Waals surface area contributed by atoms with Crippen LogP contribution in [0.1, 0.15) is 10.8 Å². The second-order valence-electron chi connectivity index (χ2n) is 6.29. The van der Waals surface area contributed by atoms with Gasteiger partial charge in [0, 0.05) is 13.1 Å². The Balaban J connectivity index is 1.59. The zero-order valence-electron chi connectivity index (χ0n) is 15.0. The number of hydrogen-bond acceptors (Lipinski definition) is 5. The van der Waals surface area contributed by atoms with Crippen LogP contribution in [0.3, 0.4) is 0 Å². The summed E-state index contributed by atoms with van der Waals surface area (Å²) in [5.41, 5.74) is 1.22. The molecule has 0 bridgehead atoms. The molecule has 1 aliphatic rings. The van der Waals surface area contributed by atoms with E-state index in [-0.39, 0.29) is 11.7 Å². The fourth-order valence-corrected chi connectivity index (χ4v) is 4.01. The van der Waals surface area contributed by atoms with E-state index in [1.165, 1.54) is 17.8 Å². The van der Waals surface area contributed by atoms with Crippen LogP contribution >= 0.6 is 11.8 Å².